The van der Waals surface area contributed by atoms with E-state index in [0.29, 0.717) is 5.41 Å². The van der Waals surface area contributed by atoms with Crippen LogP contribution in [0.2, 0.25) is 0 Å². The molecule has 0 amide bonds. The molecule has 1 aromatic heterocycles. The van der Waals surface area contributed by atoms with E-state index in [9.17, 15) is 0 Å². The van der Waals surface area contributed by atoms with Crippen molar-refractivity contribution in [2.24, 2.45) is 11.3 Å². The predicted octanol–water partition coefficient (Wildman–Crippen LogP) is 2.15. The fraction of sp³-hybridized carbons (Fsp3) is 0.875. The summed E-state index contributed by atoms with van der Waals surface area (Å²) in [4.78, 5) is 2.56. The first-order chi connectivity index (χ1) is 9.99. The van der Waals surface area contributed by atoms with Crippen molar-refractivity contribution in [3.63, 3.8) is 0 Å². The van der Waals surface area contributed by atoms with Gasteiger partial charge in [0.2, 0.25) is 0 Å². The van der Waals surface area contributed by atoms with Gasteiger partial charge in [-0.1, -0.05) is 32.9 Å². The Kier molecular flexibility index (Phi) is 5.76. The van der Waals surface area contributed by atoms with Gasteiger partial charge in [0.1, 0.15) is 0 Å². The molecule has 0 aromatic carbocycles. The number of nitrogens with zero attached hydrogens (tertiary/aromatic N) is 4. The lowest BCUT2D eigenvalue weighted by Gasteiger charge is -2.38. The average molecular weight is 293 g/mol. The second kappa shape index (κ2) is 7.36. The van der Waals surface area contributed by atoms with E-state index in [4.69, 9.17) is 0 Å². The third kappa shape index (κ3) is 5.08. The largest absolute Gasteiger partial charge is 0.311 e. The standard InChI is InChI=1S/C16H31N5/c1-5-17-12-15-13-21(19-18-15)11-10-20-8-6-14(7-9-20)16(2,3)4/h13-14,17H,5-12H2,1-4H3. The van der Waals surface area contributed by atoms with Crippen LogP contribution in [0.15, 0.2) is 6.20 Å². The first-order valence-corrected chi connectivity index (χ1v) is 8.31. The van der Waals surface area contributed by atoms with Crippen molar-refractivity contribution < 1.29 is 0 Å². The molecule has 5 heteroatoms. The van der Waals surface area contributed by atoms with Crippen LogP contribution in [-0.2, 0) is 13.1 Å². The highest BCUT2D eigenvalue weighted by Crippen LogP contribution is 2.34. The van der Waals surface area contributed by atoms with Crippen molar-refractivity contribution in [3.8, 4) is 0 Å². The molecule has 1 aliphatic rings. The molecule has 2 rings (SSSR count). The van der Waals surface area contributed by atoms with Crippen molar-refractivity contribution in [2.75, 3.05) is 26.2 Å². The highest BCUT2D eigenvalue weighted by molar-refractivity contribution is 4.91. The molecule has 0 unspecified atom stereocenters. The van der Waals surface area contributed by atoms with Gasteiger partial charge in [0.15, 0.2) is 0 Å². The van der Waals surface area contributed by atoms with Crippen LogP contribution in [0.5, 0.6) is 0 Å². The summed E-state index contributed by atoms with van der Waals surface area (Å²) < 4.78 is 1.97. The third-order valence-electron chi connectivity index (χ3n) is 4.60. The van der Waals surface area contributed by atoms with Gasteiger partial charge >= 0.3 is 0 Å². The number of likely N-dealkylation sites (tertiary alicyclic amines) is 1. The first kappa shape index (κ1) is 16.4. The number of hydrogen-bond donors (Lipinski definition) is 1. The molecular weight excluding hydrogens is 262 g/mol. The highest BCUT2D eigenvalue weighted by atomic mass is 15.4. The molecule has 1 saturated heterocycles. The molecule has 0 radical (unpaired) electrons. The lowest BCUT2D eigenvalue weighted by Crippen LogP contribution is -2.39. The maximum atomic E-state index is 4.21. The topological polar surface area (TPSA) is 46.0 Å². The van der Waals surface area contributed by atoms with Crippen LogP contribution in [0, 0.1) is 11.3 Å². The Labute approximate surface area is 129 Å². The Hall–Kier alpha value is -0.940. The zero-order valence-corrected chi connectivity index (χ0v) is 14.1. The molecule has 0 spiro atoms. The highest BCUT2D eigenvalue weighted by Gasteiger charge is 2.28. The summed E-state index contributed by atoms with van der Waals surface area (Å²) in [7, 11) is 0. The molecular formula is C16H31N5. The normalized spacial score (nSPS) is 18.3. The van der Waals surface area contributed by atoms with Gasteiger partial charge in [-0.3, -0.25) is 4.68 Å². The second-order valence-corrected chi connectivity index (χ2v) is 7.24. The summed E-state index contributed by atoms with van der Waals surface area (Å²) >= 11 is 0. The van der Waals surface area contributed by atoms with Gasteiger partial charge in [-0.25, -0.2) is 0 Å². The monoisotopic (exact) mass is 293 g/mol. The molecule has 0 aliphatic carbocycles. The predicted molar refractivity (Wildman–Crippen MR) is 86.0 cm³/mol. The molecule has 0 saturated carbocycles. The van der Waals surface area contributed by atoms with E-state index >= 15 is 0 Å². The van der Waals surface area contributed by atoms with Crippen LogP contribution in [0.3, 0.4) is 0 Å². The van der Waals surface area contributed by atoms with Gasteiger partial charge in [0, 0.05) is 19.3 Å². The Balaban J connectivity index is 1.71. The van der Waals surface area contributed by atoms with Crippen molar-refractivity contribution in [1.29, 1.82) is 0 Å². The number of aromatic nitrogens is 3. The SMILES string of the molecule is CCNCc1cn(CCN2CCC(C(C)(C)C)CC2)nn1. The molecule has 1 N–H and O–H groups in total. The minimum atomic E-state index is 0.458. The number of piperidine rings is 1. The molecule has 1 aromatic rings. The lowest BCUT2D eigenvalue weighted by molar-refractivity contribution is 0.109. The van der Waals surface area contributed by atoms with Crippen LogP contribution in [0.4, 0.5) is 0 Å². The molecule has 5 nitrogen and oxygen atoms in total. The van der Waals surface area contributed by atoms with E-state index < -0.39 is 0 Å². The number of hydrogen-bond acceptors (Lipinski definition) is 4. The summed E-state index contributed by atoms with van der Waals surface area (Å²) in [6.45, 7) is 15.5. The fourth-order valence-electron chi connectivity index (χ4n) is 3.05. The van der Waals surface area contributed by atoms with Crippen molar-refractivity contribution in [1.82, 2.24) is 25.2 Å². The van der Waals surface area contributed by atoms with Crippen LogP contribution >= 0.6 is 0 Å². The molecule has 0 bridgehead atoms. The van der Waals surface area contributed by atoms with Gasteiger partial charge < -0.3 is 10.2 Å². The Morgan fingerprint density at radius 3 is 2.57 bits per heavy atom. The quantitative estimate of drug-likeness (QED) is 0.873. The van der Waals surface area contributed by atoms with Crippen LogP contribution in [-0.4, -0.2) is 46.1 Å². The van der Waals surface area contributed by atoms with E-state index in [1.807, 2.05) is 4.68 Å². The fourth-order valence-corrected chi connectivity index (χ4v) is 3.05. The van der Waals surface area contributed by atoms with E-state index in [0.717, 1.165) is 37.8 Å². The summed E-state index contributed by atoms with van der Waals surface area (Å²) in [5.74, 6) is 0.867. The minimum absolute atomic E-state index is 0.458. The Morgan fingerprint density at radius 1 is 1.24 bits per heavy atom. The third-order valence-corrected chi connectivity index (χ3v) is 4.60. The maximum absolute atomic E-state index is 4.21. The van der Waals surface area contributed by atoms with Gasteiger partial charge in [-0.15, -0.1) is 5.10 Å². The smallest absolute Gasteiger partial charge is 0.0964 e. The van der Waals surface area contributed by atoms with E-state index in [-0.39, 0.29) is 0 Å². The summed E-state index contributed by atoms with van der Waals surface area (Å²) in [5, 5.41) is 11.7. The maximum Gasteiger partial charge on any atom is 0.0964 e. The van der Waals surface area contributed by atoms with Gasteiger partial charge in [-0.2, -0.15) is 0 Å². The summed E-state index contributed by atoms with van der Waals surface area (Å²) in [6.07, 6.45) is 4.71. The van der Waals surface area contributed by atoms with Gasteiger partial charge in [-0.05, 0) is 43.8 Å². The minimum Gasteiger partial charge on any atom is -0.311 e. The van der Waals surface area contributed by atoms with Crippen LogP contribution < -0.4 is 5.32 Å². The zero-order valence-electron chi connectivity index (χ0n) is 14.1. The van der Waals surface area contributed by atoms with Gasteiger partial charge in [0.05, 0.1) is 12.2 Å². The summed E-state index contributed by atoms with van der Waals surface area (Å²) in [6, 6.07) is 0. The van der Waals surface area contributed by atoms with E-state index in [2.05, 4.69) is 54.4 Å². The summed E-state index contributed by atoms with van der Waals surface area (Å²) in [5.41, 5.74) is 1.49. The Bertz CT molecular complexity index is 413. The van der Waals surface area contributed by atoms with E-state index in [1.165, 1.54) is 25.9 Å². The van der Waals surface area contributed by atoms with Crippen LogP contribution in [0.25, 0.3) is 0 Å². The Morgan fingerprint density at radius 2 is 1.95 bits per heavy atom. The van der Waals surface area contributed by atoms with Gasteiger partial charge in [0.25, 0.3) is 0 Å². The average Bonchev–Trinajstić information content (AvgIpc) is 2.90. The van der Waals surface area contributed by atoms with Crippen LogP contribution in [0.1, 0.15) is 46.2 Å². The molecule has 1 aliphatic heterocycles. The molecule has 120 valence electrons. The molecule has 0 atom stereocenters. The zero-order chi connectivity index (χ0) is 15.3. The molecule has 1 fully saturated rings. The number of rotatable bonds is 6. The molecule has 21 heavy (non-hydrogen) atoms. The lowest BCUT2D eigenvalue weighted by atomic mass is 9.75. The second-order valence-electron chi connectivity index (χ2n) is 7.24. The van der Waals surface area contributed by atoms with E-state index in [1.54, 1.807) is 0 Å². The first-order valence-electron chi connectivity index (χ1n) is 8.31. The number of nitrogens with one attached hydrogen (secondary N) is 1. The van der Waals surface area contributed by atoms with Crippen molar-refractivity contribution in [3.05, 3.63) is 11.9 Å². The van der Waals surface area contributed by atoms with Crippen molar-refractivity contribution in [2.45, 2.75) is 53.6 Å². The molecule has 2 heterocycles. The van der Waals surface area contributed by atoms with Crippen molar-refractivity contribution >= 4 is 0 Å².